The summed E-state index contributed by atoms with van der Waals surface area (Å²) in [6, 6.07) is 15.5. The van der Waals surface area contributed by atoms with Crippen molar-refractivity contribution in [2.24, 2.45) is 5.73 Å². The first-order chi connectivity index (χ1) is 9.61. The van der Waals surface area contributed by atoms with Crippen LogP contribution in [-0.2, 0) is 0 Å². The molecule has 1 atom stereocenters. The second kappa shape index (κ2) is 6.44. The van der Waals surface area contributed by atoms with Crippen LogP contribution in [0.2, 0.25) is 0 Å². The molecule has 3 nitrogen and oxygen atoms in total. The Bertz CT molecular complexity index is 549. The first-order valence-electron chi connectivity index (χ1n) is 6.77. The number of rotatable bonds is 5. The summed E-state index contributed by atoms with van der Waals surface area (Å²) in [5.74, 6) is 1.67. The molecular weight excluding hydrogens is 250 g/mol. The van der Waals surface area contributed by atoms with Gasteiger partial charge in [-0.15, -0.1) is 0 Å². The fourth-order valence-corrected chi connectivity index (χ4v) is 2.13. The lowest BCUT2D eigenvalue weighted by molar-refractivity contribution is 0.242. The fraction of sp³-hybridized carbons (Fsp3) is 0.294. The maximum absolute atomic E-state index is 6.32. The van der Waals surface area contributed by atoms with Crippen molar-refractivity contribution in [3.63, 3.8) is 0 Å². The Labute approximate surface area is 120 Å². The molecule has 0 amide bonds. The van der Waals surface area contributed by atoms with Gasteiger partial charge in [0.15, 0.2) is 0 Å². The highest BCUT2D eigenvalue weighted by Gasteiger charge is 2.13. The van der Waals surface area contributed by atoms with Crippen LogP contribution in [0.3, 0.4) is 0 Å². The number of hydrogen-bond acceptors (Lipinski definition) is 3. The van der Waals surface area contributed by atoms with Gasteiger partial charge in [0.2, 0.25) is 0 Å². The lowest BCUT2D eigenvalue weighted by Crippen LogP contribution is -2.13. The van der Waals surface area contributed by atoms with Gasteiger partial charge < -0.3 is 15.2 Å². The van der Waals surface area contributed by atoms with Gasteiger partial charge >= 0.3 is 0 Å². The summed E-state index contributed by atoms with van der Waals surface area (Å²) in [6.45, 7) is 4.02. The minimum Gasteiger partial charge on any atom is -0.496 e. The molecule has 0 fully saturated rings. The Kier molecular flexibility index (Phi) is 4.64. The normalized spacial score (nSPS) is 12.2. The summed E-state index contributed by atoms with van der Waals surface area (Å²) in [5.41, 5.74) is 8.34. The molecule has 0 aliphatic heterocycles. The van der Waals surface area contributed by atoms with Crippen molar-refractivity contribution in [2.45, 2.75) is 26.0 Å². The third kappa shape index (κ3) is 3.31. The van der Waals surface area contributed by atoms with Crippen LogP contribution in [0.15, 0.2) is 48.5 Å². The molecule has 0 saturated heterocycles. The molecule has 1 unspecified atom stereocenters. The van der Waals surface area contributed by atoms with E-state index in [1.165, 1.54) is 0 Å². The number of methoxy groups -OCH3 is 1. The van der Waals surface area contributed by atoms with Crippen LogP contribution in [0, 0.1) is 0 Å². The summed E-state index contributed by atoms with van der Waals surface area (Å²) in [6.07, 6.45) is 0.170. The van der Waals surface area contributed by atoms with E-state index in [4.69, 9.17) is 15.2 Å². The molecule has 0 radical (unpaired) electrons. The van der Waals surface area contributed by atoms with E-state index in [1.54, 1.807) is 7.11 Å². The van der Waals surface area contributed by atoms with E-state index in [0.29, 0.717) is 0 Å². The number of hydrogen-bond donors (Lipinski definition) is 1. The van der Waals surface area contributed by atoms with Crippen LogP contribution in [0.5, 0.6) is 11.5 Å². The van der Waals surface area contributed by atoms with Gasteiger partial charge in [-0.1, -0.05) is 30.3 Å². The quantitative estimate of drug-likeness (QED) is 0.904. The molecule has 2 rings (SSSR count). The number of benzene rings is 2. The highest BCUT2D eigenvalue weighted by Crippen LogP contribution is 2.28. The summed E-state index contributed by atoms with van der Waals surface area (Å²) < 4.78 is 11.0. The van der Waals surface area contributed by atoms with Gasteiger partial charge in [0.05, 0.1) is 19.3 Å². The van der Waals surface area contributed by atoms with Crippen LogP contribution in [0.1, 0.15) is 31.0 Å². The first-order valence-corrected chi connectivity index (χ1v) is 6.77. The predicted molar refractivity (Wildman–Crippen MR) is 81.2 cm³/mol. The highest BCUT2D eigenvalue weighted by molar-refractivity contribution is 5.42. The molecule has 0 heterocycles. The van der Waals surface area contributed by atoms with Crippen LogP contribution in [0.4, 0.5) is 0 Å². The molecular formula is C17H21NO2. The number of para-hydroxylation sites is 1. The third-order valence-corrected chi connectivity index (χ3v) is 3.08. The fourth-order valence-electron chi connectivity index (χ4n) is 2.13. The highest BCUT2D eigenvalue weighted by atomic mass is 16.5. The van der Waals surface area contributed by atoms with Gasteiger partial charge in [-0.3, -0.25) is 0 Å². The summed E-state index contributed by atoms with van der Waals surface area (Å²) in [5, 5.41) is 0. The van der Waals surface area contributed by atoms with Gasteiger partial charge in [-0.05, 0) is 37.6 Å². The Morgan fingerprint density at radius 2 is 1.60 bits per heavy atom. The van der Waals surface area contributed by atoms with E-state index in [9.17, 15) is 0 Å². The molecule has 3 heteroatoms. The summed E-state index contributed by atoms with van der Waals surface area (Å²) in [4.78, 5) is 0. The largest absolute Gasteiger partial charge is 0.496 e. The minimum absolute atomic E-state index is 0.170. The van der Waals surface area contributed by atoms with Gasteiger partial charge in [0, 0.05) is 5.56 Å². The van der Waals surface area contributed by atoms with Crippen LogP contribution in [-0.4, -0.2) is 13.2 Å². The van der Waals surface area contributed by atoms with Crippen molar-refractivity contribution in [2.75, 3.05) is 7.11 Å². The molecule has 2 N–H and O–H groups in total. The van der Waals surface area contributed by atoms with E-state index < -0.39 is 0 Å². The van der Waals surface area contributed by atoms with E-state index in [0.717, 1.165) is 22.6 Å². The van der Waals surface area contributed by atoms with Crippen molar-refractivity contribution in [1.29, 1.82) is 0 Å². The Hall–Kier alpha value is -2.00. The topological polar surface area (TPSA) is 44.5 Å². The zero-order chi connectivity index (χ0) is 14.5. The van der Waals surface area contributed by atoms with Crippen molar-refractivity contribution in [3.05, 3.63) is 59.7 Å². The van der Waals surface area contributed by atoms with Crippen molar-refractivity contribution >= 4 is 0 Å². The third-order valence-electron chi connectivity index (χ3n) is 3.08. The standard InChI is InChI=1S/C17H21NO2/c1-12(2)20-14-10-8-13(9-11-14)17(18)15-6-4-5-7-16(15)19-3/h4-12,17H,18H2,1-3H3. The maximum Gasteiger partial charge on any atom is 0.123 e. The molecule has 0 aliphatic carbocycles. The molecule has 2 aromatic carbocycles. The van der Waals surface area contributed by atoms with Crippen LogP contribution >= 0.6 is 0 Å². The monoisotopic (exact) mass is 271 g/mol. The summed E-state index contributed by atoms with van der Waals surface area (Å²) >= 11 is 0. The molecule has 2 aromatic rings. The average Bonchev–Trinajstić information content (AvgIpc) is 2.46. The van der Waals surface area contributed by atoms with Gasteiger partial charge in [0.25, 0.3) is 0 Å². The summed E-state index contributed by atoms with van der Waals surface area (Å²) in [7, 11) is 1.66. The van der Waals surface area contributed by atoms with Gasteiger partial charge in [0.1, 0.15) is 11.5 Å². The van der Waals surface area contributed by atoms with E-state index in [2.05, 4.69) is 0 Å². The SMILES string of the molecule is COc1ccccc1C(N)c1ccc(OC(C)C)cc1. The molecule has 0 aliphatic rings. The van der Waals surface area contributed by atoms with Crippen LogP contribution in [0.25, 0.3) is 0 Å². The smallest absolute Gasteiger partial charge is 0.123 e. The second-order valence-corrected chi connectivity index (χ2v) is 4.96. The maximum atomic E-state index is 6.32. The Morgan fingerprint density at radius 3 is 2.20 bits per heavy atom. The molecule has 0 bridgehead atoms. The average molecular weight is 271 g/mol. The van der Waals surface area contributed by atoms with E-state index in [-0.39, 0.29) is 12.1 Å². The van der Waals surface area contributed by atoms with E-state index >= 15 is 0 Å². The Balaban J connectivity index is 2.22. The lowest BCUT2D eigenvalue weighted by atomic mass is 9.99. The second-order valence-electron chi connectivity index (χ2n) is 4.96. The van der Waals surface area contributed by atoms with Crippen molar-refractivity contribution < 1.29 is 9.47 Å². The Morgan fingerprint density at radius 1 is 0.950 bits per heavy atom. The number of ether oxygens (including phenoxy) is 2. The van der Waals surface area contributed by atoms with Crippen LogP contribution < -0.4 is 15.2 Å². The zero-order valence-corrected chi connectivity index (χ0v) is 12.2. The number of nitrogens with two attached hydrogens (primary N) is 1. The molecule has 106 valence electrons. The molecule has 0 spiro atoms. The molecule has 20 heavy (non-hydrogen) atoms. The first kappa shape index (κ1) is 14.4. The van der Waals surface area contributed by atoms with Gasteiger partial charge in [-0.25, -0.2) is 0 Å². The van der Waals surface area contributed by atoms with Crippen molar-refractivity contribution in [1.82, 2.24) is 0 Å². The predicted octanol–water partition coefficient (Wildman–Crippen LogP) is 3.53. The van der Waals surface area contributed by atoms with Crippen molar-refractivity contribution in [3.8, 4) is 11.5 Å². The molecule has 0 saturated carbocycles. The zero-order valence-electron chi connectivity index (χ0n) is 12.2. The molecule has 0 aromatic heterocycles. The minimum atomic E-state index is -0.209. The lowest BCUT2D eigenvalue weighted by Gasteiger charge is -2.17. The van der Waals surface area contributed by atoms with Gasteiger partial charge in [-0.2, -0.15) is 0 Å². The van der Waals surface area contributed by atoms with E-state index in [1.807, 2.05) is 62.4 Å².